The lowest BCUT2D eigenvalue weighted by Gasteiger charge is -2.41. The number of carbonyl (C=O) groups excluding carboxylic acids is 1. The molecule has 3 heterocycles. The molecular formula is C29H36N4O3. The second-order valence-electron chi connectivity index (χ2n) is 10.3. The predicted octanol–water partition coefficient (Wildman–Crippen LogP) is 4.36. The maximum Gasteiger partial charge on any atom is 0.227 e. The Kier molecular flexibility index (Phi) is 7.43. The highest BCUT2D eigenvalue weighted by Gasteiger charge is 2.33. The van der Waals surface area contributed by atoms with Gasteiger partial charge < -0.3 is 19.3 Å². The highest BCUT2D eigenvalue weighted by Crippen LogP contribution is 2.39. The van der Waals surface area contributed by atoms with Crippen LogP contribution in [0.1, 0.15) is 72.9 Å². The van der Waals surface area contributed by atoms with Crippen molar-refractivity contribution in [1.29, 1.82) is 5.26 Å². The van der Waals surface area contributed by atoms with Gasteiger partial charge >= 0.3 is 0 Å². The topological polar surface area (TPSA) is 78.7 Å². The molecule has 7 heteroatoms. The normalized spacial score (nSPS) is 20.5. The lowest BCUT2D eigenvalue weighted by Crippen LogP contribution is -2.55. The number of methoxy groups -OCH3 is 1. The number of amides is 1. The van der Waals surface area contributed by atoms with E-state index in [9.17, 15) is 10.1 Å². The van der Waals surface area contributed by atoms with E-state index in [-0.39, 0.29) is 11.9 Å². The van der Waals surface area contributed by atoms with Crippen LogP contribution in [-0.4, -0.2) is 55.2 Å². The largest absolute Gasteiger partial charge is 0.497 e. The summed E-state index contributed by atoms with van der Waals surface area (Å²) in [6.45, 7) is 5.27. The zero-order valence-electron chi connectivity index (χ0n) is 21.5. The molecule has 7 nitrogen and oxygen atoms in total. The molecule has 0 unspecified atom stereocenters. The molecule has 3 aliphatic rings. The quantitative estimate of drug-likeness (QED) is 0.622. The van der Waals surface area contributed by atoms with Gasteiger partial charge in [0, 0.05) is 37.2 Å². The van der Waals surface area contributed by atoms with Crippen LogP contribution in [0.3, 0.4) is 0 Å². The molecule has 0 radical (unpaired) electrons. The fourth-order valence-corrected chi connectivity index (χ4v) is 6.10. The molecule has 2 aromatic rings. The van der Waals surface area contributed by atoms with Crippen LogP contribution in [0, 0.1) is 11.3 Å². The smallest absolute Gasteiger partial charge is 0.227 e. The molecule has 1 aromatic carbocycles. The van der Waals surface area contributed by atoms with Crippen LogP contribution in [0.4, 0.5) is 5.82 Å². The summed E-state index contributed by atoms with van der Waals surface area (Å²) in [4.78, 5) is 22.6. The minimum absolute atomic E-state index is 0.0303. The second kappa shape index (κ2) is 10.9. The SMILES string of the molecule is COc1cccc(CC(=O)N2CCN(c3nc(C4CCCCC4)c4c(c3C#N)CCOC4)C[C@H]2C)c1. The summed E-state index contributed by atoms with van der Waals surface area (Å²) in [5, 5.41) is 10.2. The molecule has 1 saturated carbocycles. The molecule has 36 heavy (non-hydrogen) atoms. The Hall–Kier alpha value is -3.11. The van der Waals surface area contributed by atoms with E-state index in [4.69, 9.17) is 14.5 Å². The fraction of sp³-hybridized carbons (Fsp3) is 0.552. The Morgan fingerprint density at radius 1 is 1.22 bits per heavy atom. The third kappa shape index (κ3) is 4.92. The number of hydrogen-bond acceptors (Lipinski definition) is 6. The molecule has 1 atom stereocenters. The summed E-state index contributed by atoms with van der Waals surface area (Å²) < 4.78 is 11.1. The molecular weight excluding hydrogens is 452 g/mol. The van der Waals surface area contributed by atoms with Crippen LogP contribution in [-0.2, 0) is 29.0 Å². The van der Waals surface area contributed by atoms with Crippen molar-refractivity contribution >= 4 is 11.7 Å². The van der Waals surface area contributed by atoms with Crippen molar-refractivity contribution in [2.75, 3.05) is 38.3 Å². The number of piperazine rings is 1. The molecule has 2 fully saturated rings. The Bertz CT molecular complexity index is 1150. The van der Waals surface area contributed by atoms with Gasteiger partial charge in [-0.25, -0.2) is 4.98 Å². The molecule has 2 aliphatic heterocycles. The number of anilines is 1. The molecule has 5 rings (SSSR count). The zero-order valence-corrected chi connectivity index (χ0v) is 21.5. The van der Waals surface area contributed by atoms with Crippen molar-refractivity contribution in [3.05, 3.63) is 52.2 Å². The van der Waals surface area contributed by atoms with Gasteiger partial charge in [-0.2, -0.15) is 5.26 Å². The van der Waals surface area contributed by atoms with E-state index in [0.717, 1.165) is 53.2 Å². The minimum Gasteiger partial charge on any atom is -0.497 e. The fourth-order valence-electron chi connectivity index (χ4n) is 6.10. The van der Waals surface area contributed by atoms with Crippen LogP contribution in [0.25, 0.3) is 0 Å². The van der Waals surface area contributed by atoms with E-state index in [1.54, 1.807) is 7.11 Å². The maximum absolute atomic E-state index is 13.2. The van der Waals surface area contributed by atoms with E-state index >= 15 is 0 Å². The summed E-state index contributed by atoms with van der Waals surface area (Å²) in [5.74, 6) is 2.14. The first kappa shape index (κ1) is 24.6. The Labute approximate surface area is 214 Å². The van der Waals surface area contributed by atoms with E-state index in [1.165, 1.54) is 19.3 Å². The number of ether oxygens (including phenoxy) is 2. The Balaban J connectivity index is 1.38. The minimum atomic E-state index is 0.0303. The standard InChI is InChI=1S/C29H36N4O3/c1-20-18-32(12-13-33(20)27(34)16-21-7-6-10-23(15-21)35-2)29-25(17-30)24-11-14-36-19-26(24)28(31-29)22-8-4-3-5-9-22/h6-7,10,15,20,22H,3-5,8-9,11-14,16,18-19H2,1-2H3/t20-/m1/s1. The number of rotatable bonds is 5. The van der Waals surface area contributed by atoms with Gasteiger partial charge in [-0.3, -0.25) is 4.79 Å². The predicted molar refractivity (Wildman–Crippen MR) is 138 cm³/mol. The molecule has 1 saturated heterocycles. The van der Waals surface area contributed by atoms with Crippen LogP contribution in [0.15, 0.2) is 24.3 Å². The third-order valence-corrected chi connectivity index (χ3v) is 8.01. The van der Waals surface area contributed by atoms with Crippen molar-refractivity contribution < 1.29 is 14.3 Å². The molecule has 0 spiro atoms. The van der Waals surface area contributed by atoms with Gasteiger partial charge in [0.15, 0.2) is 0 Å². The van der Waals surface area contributed by atoms with Crippen LogP contribution >= 0.6 is 0 Å². The van der Waals surface area contributed by atoms with Gasteiger partial charge in [-0.1, -0.05) is 31.4 Å². The third-order valence-electron chi connectivity index (χ3n) is 8.01. The van der Waals surface area contributed by atoms with Gasteiger partial charge in [-0.05, 0) is 49.4 Å². The number of hydrogen-bond donors (Lipinski definition) is 0. The monoisotopic (exact) mass is 488 g/mol. The summed E-state index contributed by atoms with van der Waals surface area (Å²) in [6, 6.07) is 10.2. The first-order valence-corrected chi connectivity index (χ1v) is 13.3. The number of nitriles is 1. The molecule has 1 aromatic heterocycles. The highest BCUT2D eigenvalue weighted by molar-refractivity contribution is 5.79. The highest BCUT2D eigenvalue weighted by atomic mass is 16.5. The molecule has 0 N–H and O–H groups in total. The molecule has 0 bridgehead atoms. The number of benzene rings is 1. The van der Waals surface area contributed by atoms with Crippen molar-refractivity contribution in [3.8, 4) is 11.8 Å². The first-order valence-electron chi connectivity index (χ1n) is 13.3. The van der Waals surface area contributed by atoms with Crippen molar-refractivity contribution in [1.82, 2.24) is 9.88 Å². The van der Waals surface area contributed by atoms with Crippen LogP contribution < -0.4 is 9.64 Å². The average Bonchev–Trinajstić information content (AvgIpc) is 2.92. The number of pyridine rings is 1. The average molecular weight is 489 g/mol. The number of fused-ring (bicyclic) bond motifs is 1. The summed E-state index contributed by atoms with van der Waals surface area (Å²) in [7, 11) is 1.64. The molecule has 1 aliphatic carbocycles. The number of carbonyl (C=O) groups is 1. The number of aromatic nitrogens is 1. The zero-order chi connectivity index (χ0) is 25.1. The molecule has 1 amide bonds. The van der Waals surface area contributed by atoms with E-state index in [0.29, 0.717) is 50.8 Å². The van der Waals surface area contributed by atoms with E-state index < -0.39 is 0 Å². The Morgan fingerprint density at radius 3 is 2.81 bits per heavy atom. The lowest BCUT2D eigenvalue weighted by atomic mass is 9.82. The summed E-state index contributed by atoms with van der Waals surface area (Å²) in [6.07, 6.45) is 7.21. The van der Waals surface area contributed by atoms with E-state index in [2.05, 4.69) is 17.9 Å². The van der Waals surface area contributed by atoms with Crippen molar-refractivity contribution in [3.63, 3.8) is 0 Å². The maximum atomic E-state index is 13.2. The first-order chi connectivity index (χ1) is 17.6. The van der Waals surface area contributed by atoms with Gasteiger partial charge in [0.05, 0.1) is 38.0 Å². The van der Waals surface area contributed by atoms with Crippen LogP contribution in [0.2, 0.25) is 0 Å². The van der Waals surface area contributed by atoms with Gasteiger partial charge in [0.1, 0.15) is 17.6 Å². The van der Waals surface area contributed by atoms with Gasteiger partial charge in [0.2, 0.25) is 5.91 Å². The second-order valence-corrected chi connectivity index (χ2v) is 10.3. The van der Waals surface area contributed by atoms with E-state index in [1.807, 2.05) is 29.2 Å². The summed E-state index contributed by atoms with van der Waals surface area (Å²) >= 11 is 0. The Morgan fingerprint density at radius 2 is 2.06 bits per heavy atom. The summed E-state index contributed by atoms with van der Waals surface area (Å²) in [5.41, 5.74) is 5.11. The van der Waals surface area contributed by atoms with Crippen LogP contribution in [0.5, 0.6) is 5.75 Å². The van der Waals surface area contributed by atoms with Crippen molar-refractivity contribution in [2.45, 2.75) is 70.4 Å². The van der Waals surface area contributed by atoms with Gasteiger partial charge in [-0.15, -0.1) is 0 Å². The van der Waals surface area contributed by atoms with Crippen molar-refractivity contribution in [2.24, 2.45) is 0 Å². The molecule has 190 valence electrons. The van der Waals surface area contributed by atoms with Gasteiger partial charge in [0.25, 0.3) is 0 Å². The lowest BCUT2D eigenvalue weighted by molar-refractivity contribution is -0.132. The number of nitrogens with zero attached hydrogens (tertiary/aromatic N) is 4.